The van der Waals surface area contributed by atoms with E-state index in [0.717, 1.165) is 48.1 Å². The summed E-state index contributed by atoms with van der Waals surface area (Å²) in [6.45, 7) is 9.70. The molecule has 0 spiro atoms. The van der Waals surface area contributed by atoms with Crippen LogP contribution in [0, 0.1) is 13.8 Å². The number of halogens is 1. The Kier molecular flexibility index (Phi) is 9.97. The van der Waals surface area contributed by atoms with Gasteiger partial charge in [0.05, 0.1) is 12.2 Å². The molecule has 3 rings (SSSR count). The molecule has 0 amide bonds. The molecule has 0 fully saturated rings. The van der Waals surface area contributed by atoms with E-state index in [1.807, 2.05) is 36.9 Å². The highest BCUT2D eigenvalue weighted by Gasteiger charge is 2.07. The summed E-state index contributed by atoms with van der Waals surface area (Å²) < 4.78 is 1.86. The van der Waals surface area contributed by atoms with Gasteiger partial charge in [-0.3, -0.25) is 0 Å². The summed E-state index contributed by atoms with van der Waals surface area (Å²) in [6.07, 6.45) is 3.97. The Bertz CT molecular complexity index is 950. The van der Waals surface area contributed by atoms with E-state index >= 15 is 0 Å². The number of hydrogen-bond donors (Lipinski definition) is 2. The third-order valence-corrected chi connectivity index (χ3v) is 4.89. The highest BCUT2D eigenvalue weighted by Crippen LogP contribution is 2.11. The highest BCUT2D eigenvalue weighted by atomic mass is 127. The van der Waals surface area contributed by atoms with E-state index in [1.54, 1.807) is 0 Å². The fourth-order valence-electron chi connectivity index (χ4n) is 3.32. The number of nitrogens with one attached hydrogen (secondary N) is 2. The van der Waals surface area contributed by atoms with Gasteiger partial charge in [0.15, 0.2) is 11.8 Å². The molecule has 3 aromatic rings. The Morgan fingerprint density at radius 3 is 2.48 bits per heavy atom. The first kappa shape index (κ1) is 24.8. The van der Waals surface area contributed by atoms with E-state index in [4.69, 9.17) is 4.99 Å². The number of aromatic nitrogens is 3. The van der Waals surface area contributed by atoms with Crippen LogP contribution in [0.5, 0.6) is 0 Å². The maximum Gasteiger partial charge on any atom is 0.191 e. The molecule has 1 atom stereocenters. The largest absolute Gasteiger partial charge is 0.357 e. The first-order valence-corrected chi connectivity index (χ1v) is 10.6. The van der Waals surface area contributed by atoms with E-state index in [1.165, 1.54) is 5.56 Å². The van der Waals surface area contributed by atoms with E-state index < -0.39 is 0 Å². The highest BCUT2D eigenvalue weighted by molar-refractivity contribution is 14.0. The SMILES string of the molecule is CCNC(=NCc1ccc(-n2nc(C)cc2C)nc1)NC(C)CCc1ccccc1.I. The summed E-state index contributed by atoms with van der Waals surface area (Å²) in [5.74, 6) is 1.66. The Hall–Kier alpha value is -2.42. The fourth-order valence-corrected chi connectivity index (χ4v) is 3.32. The summed E-state index contributed by atoms with van der Waals surface area (Å²) >= 11 is 0. The molecular formula is C24H33IN6. The Morgan fingerprint density at radius 1 is 1.10 bits per heavy atom. The van der Waals surface area contributed by atoms with Crippen LogP contribution in [0.1, 0.15) is 42.8 Å². The van der Waals surface area contributed by atoms with Crippen molar-refractivity contribution in [3.8, 4) is 5.82 Å². The molecule has 166 valence electrons. The van der Waals surface area contributed by atoms with Crippen molar-refractivity contribution in [3.05, 3.63) is 77.2 Å². The quantitative estimate of drug-likeness (QED) is 0.253. The molecular weight excluding hydrogens is 499 g/mol. The summed E-state index contributed by atoms with van der Waals surface area (Å²) in [6, 6.07) is 17.0. The second-order valence-electron chi connectivity index (χ2n) is 7.63. The lowest BCUT2D eigenvalue weighted by molar-refractivity contribution is 0.593. The van der Waals surface area contributed by atoms with Crippen LogP contribution in [0.4, 0.5) is 0 Å². The number of rotatable bonds is 8. The zero-order chi connectivity index (χ0) is 21.3. The molecule has 0 radical (unpaired) electrons. The van der Waals surface area contributed by atoms with Gasteiger partial charge in [0, 0.05) is 24.5 Å². The molecule has 1 aromatic carbocycles. The average molecular weight is 532 g/mol. The lowest BCUT2D eigenvalue weighted by atomic mass is 10.1. The summed E-state index contributed by atoms with van der Waals surface area (Å²) in [5, 5.41) is 11.3. The van der Waals surface area contributed by atoms with Gasteiger partial charge >= 0.3 is 0 Å². The molecule has 31 heavy (non-hydrogen) atoms. The zero-order valence-electron chi connectivity index (χ0n) is 18.8. The second kappa shape index (κ2) is 12.4. The van der Waals surface area contributed by atoms with Crippen molar-refractivity contribution < 1.29 is 0 Å². The van der Waals surface area contributed by atoms with Gasteiger partial charge in [-0.2, -0.15) is 5.10 Å². The lowest BCUT2D eigenvalue weighted by Gasteiger charge is -2.18. The Balaban J connectivity index is 0.00000341. The van der Waals surface area contributed by atoms with Crippen molar-refractivity contribution in [2.45, 2.75) is 53.1 Å². The molecule has 0 bridgehead atoms. The van der Waals surface area contributed by atoms with Gasteiger partial charge in [0.2, 0.25) is 0 Å². The van der Waals surface area contributed by atoms with Gasteiger partial charge in [0.1, 0.15) is 0 Å². The molecule has 1 unspecified atom stereocenters. The van der Waals surface area contributed by atoms with Crippen LogP contribution >= 0.6 is 24.0 Å². The van der Waals surface area contributed by atoms with Gasteiger partial charge in [0.25, 0.3) is 0 Å². The van der Waals surface area contributed by atoms with Gasteiger partial charge < -0.3 is 10.6 Å². The van der Waals surface area contributed by atoms with Gasteiger partial charge in [-0.1, -0.05) is 36.4 Å². The molecule has 0 saturated heterocycles. The van der Waals surface area contributed by atoms with Crippen LogP contribution in [0.3, 0.4) is 0 Å². The standard InChI is InChI=1S/C24H32N6.HI/c1-5-25-24(28-18(2)11-12-21-9-7-6-8-10-21)27-17-22-13-14-23(26-16-22)30-20(4)15-19(3)29-30;/h6-10,13-16,18H,5,11-12,17H2,1-4H3,(H2,25,27,28);1H. The maximum absolute atomic E-state index is 4.73. The van der Waals surface area contributed by atoms with Crippen molar-refractivity contribution in [1.29, 1.82) is 0 Å². The first-order valence-electron chi connectivity index (χ1n) is 10.6. The monoisotopic (exact) mass is 532 g/mol. The van der Waals surface area contributed by atoms with Gasteiger partial charge in [-0.05, 0) is 63.8 Å². The van der Waals surface area contributed by atoms with Gasteiger partial charge in [-0.25, -0.2) is 14.7 Å². The Morgan fingerprint density at radius 2 is 1.87 bits per heavy atom. The molecule has 6 nitrogen and oxygen atoms in total. The summed E-state index contributed by atoms with van der Waals surface area (Å²) in [4.78, 5) is 9.30. The number of pyridine rings is 1. The minimum atomic E-state index is 0. The molecule has 2 heterocycles. The van der Waals surface area contributed by atoms with Crippen LogP contribution in [0.25, 0.3) is 5.82 Å². The summed E-state index contributed by atoms with van der Waals surface area (Å²) in [7, 11) is 0. The van der Waals surface area contributed by atoms with Crippen molar-refractivity contribution >= 4 is 29.9 Å². The topological polar surface area (TPSA) is 67.1 Å². The zero-order valence-corrected chi connectivity index (χ0v) is 21.1. The van der Waals surface area contributed by atoms with Crippen molar-refractivity contribution in [1.82, 2.24) is 25.4 Å². The molecule has 7 heteroatoms. The minimum absolute atomic E-state index is 0. The van der Waals surface area contributed by atoms with Crippen LogP contribution in [0.2, 0.25) is 0 Å². The molecule has 0 saturated carbocycles. The molecule has 2 N–H and O–H groups in total. The Labute approximate surface area is 202 Å². The molecule has 0 aliphatic carbocycles. The van der Waals surface area contributed by atoms with Crippen LogP contribution in [0.15, 0.2) is 59.7 Å². The fraction of sp³-hybridized carbons (Fsp3) is 0.375. The van der Waals surface area contributed by atoms with Crippen LogP contribution < -0.4 is 10.6 Å². The average Bonchev–Trinajstić information content (AvgIpc) is 3.10. The number of aryl methyl sites for hydroxylation is 3. The van der Waals surface area contributed by atoms with Crippen molar-refractivity contribution in [2.75, 3.05) is 6.54 Å². The van der Waals surface area contributed by atoms with E-state index in [-0.39, 0.29) is 24.0 Å². The van der Waals surface area contributed by atoms with Crippen LogP contribution in [-0.2, 0) is 13.0 Å². The third kappa shape index (κ3) is 7.65. The smallest absolute Gasteiger partial charge is 0.191 e. The van der Waals surface area contributed by atoms with Crippen LogP contribution in [-0.4, -0.2) is 33.3 Å². The number of hydrogen-bond acceptors (Lipinski definition) is 3. The normalized spacial score (nSPS) is 12.2. The first-order chi connectivity index (χ1) is 14.5. The second-order valence-corrected chi connectivity index (χ2v) is 7.63. The minimum Gasteiger partial charge on any atom is -0.357 e. The molecule has 0 aliphatic heterocycles. The number of guanidine groups is 1. The van der Waals surface area contributed by atoms with Crippen molar-refractivity contribution in [2.24, 2.45) is 4.99 Å². The van der Waals surface area contributed by atoms with Gasteiger partial charge in [-0.15, -0.1) is 24.0 Å². The number of benzene rings is 1. The van der Waals surface area contributed by atoms with E-state index in [9.17, 15) is 0 Å². The summed E-state index contributed by atoms with van der Waals surface area (Å²) in [5.41, 5.74) is 4.50. The van der Waals surface area contributed by atoms with E-state index in [0.29, 0.717) is 12.6 Å². The lowest BCUT2D eigenvalue weighted by Crippen LogP contribution is -2.42. The molecule has 0 aliphatic rings. The maximum atomic E-state index is 4.73. The third-order valence-electron chi connectivity index (χ3n) is 4.89. The predicted molar refractivity (Wildman–Crippen MR) is 138 cm³/mol. The van der Waals surface area contributed by atoms with E-state index in [2.05, 4.69) is 71.0 Å². The molecule has 2 aromatic heterocycles. The van der Waals surface area contributed by atoms with Crippen molar-refractivity contribution in [3.63, 3.8) is 0 Å². The number of nitrogens with zero attached hydrogens (tertiary/aromatic N) is 4. The number of aliphatic imine (C=N–C) groups is 1. The predicted octanol–water partition coefficient (Wildman–Crippen LogP) is 4.58.